The number of hydrogen-bond acceptors (Lipinski definition) is 10. The second kappa shape index (κ2) is 13.4. The molecule has 2 amide bonds. The monoisotopic (exact) mass is 648 g/mol. The molecule has 1 aromatic heterocycles. The first kappa shape index (κ1) is 31.4. The summed E-state index contributed by atoms with van der Waals surface area (Å²) >= 11 is 7.72. The van der Waals surface area contributed by atoms with Gasteiger partial charge < -0.3 is 26.6 Å². The fourth-order valence-electron chi connectivity index (χ4n) is 6.45. The van der Waals surface area contributed by atoms with Crippen LogP contribution in [0.2, 0.25) is 5.02 Å². The zero-order valence-electron chi connectivity index (χ0n) is 25.6. The molecule has 1 atom stereocenters. The number of carbonyl (C=O) groups is 2. The summed E-state index contributed by atoms with van der Waals surface area (Å²) in [6, 6.07) is 13.8. The van der Waals surface area contributed by atoms with Gasteiger partial charge in [-0.1, -0.05) is 41.6 Å². The highest BCUT2D eigenvalue weighted by molar-refractivity contribution is 7.99. The molecular formula is C33H41ClN8O2S. The highest BCUT2D eigenvalue weighted by Gasteiger charge is 2.32. The minimum absolute atomic E-state index is 0.0816. The van der Waals surface area contributed by atoms with Crippen molar-refractivity contribution in [2.75, 3.05) is 54.0 Å². The molecule has 0 spiro atoms. The molecule has 4 heterocycles. The molecule has 45 heavy (non-hydrogen) atoms. The van der Waals surface area contributed by atoms with Crippen LogP contribution in [0.5, 0.6) is 0 Å². The third kappa shape index (κ3) is 7.31. The smallest absolute Gasteiger partial charge is 0.234 e. The third-order valence-corrected chi connectivity index (χ3v) is 11.1. The number of benzene rings is 2. The van der Waals surface area contributed by atoms with Crippen LogP contribution in [0.4, 0.5) is 23.0 Å². The third-order valence-electron chi connectivity index (χ3n) is 9.47. The molecule has 12 heteroatoms. The Labute approximate surface area is 273 Å². The van der Waals surface area contributed by atoms with E-state index in [-0.39, 0.29) is 23.3 Å². The Morgan fingerprint density at radius 1 is 1.02 bits per heavy atom. The summed E-state index contributed by atoms with van der Waals surface area (Å²) in [5, 5.41) is 7.48. The molecule has 10 nitrogen and oxygen atoms in total. The summed E-state index contributed by atoms with van der Waals surface area (Å²) in [6.07, 6.45) is 7.09. The van der Waals surface area contributed by atoms with E-state index in [9.17, 15) is 9.59 Å². The number of anilines is 4. The minimum Gasteiger partial charge on any atom is -0.397 e. The predicted molar refractivity (Wildman–Crippen MR) is 181 cm³/mol. The molecule has 3 aromatic rings. The van der Waals surface area contributed by atoms with Crippen LogP contribution in [0, 0.1) is 5.92 Å². The van der Waals surface area contributed by atoms with E-state index in [1.807, 2.05) is 24.3 Å². The van der Waals surface area contributed by atoms with E-state index in [4.69, 9.17) is 23.1 Å². The molecule has 0 aliphatic carbocycles. The summed E-state index contributed by atoms with van der Waals surface area (Å²) < 4.78 is 0. The van der Waals surface area contributed by atoms with Crippen molar-refractivity contribution in [2.24, 2.45) is 5.92 Å². The van der Waals surface area contributed by atoms with Crippen molar-refractivity contribution in [3.63, 3.8) is 0 Å². The van der Waals surface area contributed by atoms with Crippen LogP contribution in [0.3, 0.4) is 0 Å². The maximum Gasteiger partial charge on any atom is 0.234 e. The van der Waals surface area contributed by atoms with Crippen molar-refractivity contribution in [1.82, 2.24) is 20.6 Å². The largest absolute Gasteiger partial charge is 0.397 e. The van der Waals surface area contributed by atoms with Crippen LogP contribution >= 0.6 is 23.4 Å². The van der Waals surface area contributed by atoms with Gasteiger partial charge in [0.25, 0.3) is 0 Å². The van der Waals surface area contributed by atoms with Crippen LogP contribution in [-0.2, 0) is 9.59 Å². The standard InChI is InChI=1S/C33H41ClN8O2S/c1-33(13-17-42(18-14-33)27-20-37-32(30(36)39-27)45-26-4-2-3-25(35)29(26)34)38-19-21-11-15-41(16-12-21)23-7-5-22(6-8-23)24-9-10-28(43)40-31(24)44/h2-8,20-21,24,38H,9-19,35H2,1H3,(H2,36,39)(H,40,43,44). The van der Waals surface area contributed by atoms with Crippen molar-refractivity contribution in [3.8, 4) is 0 Å². The molecule has 238 valence electrons. The van der Waals surface area contributed by atoms with Gasteiger partial charge in [-0.3, -0.25) is 14.9 Å². The highest BCUT2D eigenvalue weighted by Crippen LogP contribution is 2.38. The Bertz CT molecular complexity index is 1540. The van der Waals surface area contributed by atoms with Crippen molar-refractivity contribution in [1.29, 1.82) is 0 Å². The van der Waals surface area contributed by atoms with Gasteiger partial charge in [0, 0.05) is 48.7 Å². The van der Waals surface area contributed by atoms with Gasteiger partial charge in [0.05, 0.1) is 22.8 Å². The molecule has 0 radical (unpaired) electrons. The number of hydrogen-bond donors (Lipinski definition) is 4. The summed E-state index contributed by atoms with van der Waals surface area (Å²) in [7, 11) is 0. The number of aromatic nitrogens is 2. The maximum atomic E-state index is 12.2. The van der Waals surface area contributed by atoms with E-state index in [1.54, 1.807) is 12.3 Å². The van der Waals surface area contributed by atoms with Crippen molar-refractivity contribution >= 4 is 58.2 Å². The number of rotatable bonds is 8. The quantitative estimate of drug-likeness (QED) is 0.198. The fourth-order valence-corrected chi connectivity index (χ4v) is 7.51. The number of nitrogen functional groups attached to an aromatic ring is 2. The molecular weight excluding hydrogens is 608 g/mol. The summed E-state index contributed by atoms with van der Waals surface area (Å²) in [4.78, 5) is 38.5. The van der Waals surface area contributed by atoms with Gasteiger partial charge in [0.15, 0.2) is 5.82 Å². The molecule has 1 unspecified atom stereocenters. The Balaban J connectivity index is 0.949. The number of carbonyl (C=O) groups excluding carboxylic acids is 2. The first-order valence-corrected chi connectivity index (χ1v) is 16.9. The highest BCUT2D eigenvalue weighted by atomic mass is 35.5. The topological polar surface area (TPSA) is 142 Å². The zero-order chi connectivity index (χ0) is 31.6. The summed E-state index contributed by atoms with van der Waals surface area (Å²) in [5.74, 6) is 1.23. The van der Waals surface area contributed by atoms with Gasteiger partial charge in [-0.25, -0.2) is 9.97 Å². The number of halogens is 1. The fraction of sp³-hybridized carbons (Fsp3) is 0.455. The lowest BCUT2D eigenvalue weighted by Gasteiger charge is -2.42. The van der Waals surface area contributed by atoms with Crippen LogP contribution < -0.4 is 31.9 Å². The Morgan fingerprint density at radius 2 is 1.76 bits per heavy atom. The first-order valence-electron chi connectivity index (χ1n) is 15.7. The normalized spacial score (nSPS) is 20.7. The molecule has 3 aliphatic rings. The van der Waals surface area contributed by atoms with Gasteiger partial charge in [0.2, 0.25) is 11.8 Å². The van der Waals surface area contributed by atoms with Gasteiger partial charge in [-0.15, -0.1) is 0 Å². The van der Waals surface area contributed by atoms with Gasteiger partial charge >= 0.3 is 0 Å². The van der Waals surface area contributed by atoms with Crippen LogP contribution in [0.15, 0.2) is 58.6 Å². The number of nitrogens with one attached hydrogen (secondary N) is 2. The molecule has 3 saturated heterocycles. The molecule has 6 N–H and O–H groups in total. The van der Waals surface area contributed by atoms with E-state index in [2.05, 4.69) is 49.5 Å². The van der Waals surface area contributed by atoms with Crippen molar-refractivity contribution in [3.05, 3.63) is 59.2 Å². The van der Waals surface area contributed by atoms with Crippen LogP contribution in [-0.4, -0.2) is 60.0 Å². The Hall–Kier alpha value is -3.54. The molecule has 2 aromatic carbocycles. The molecule has 0 saturated carbocycles. The summed E-state index contributed by atoms with van der Waals surface area (Å²) in [6.45, 7) is 7.17. The zero-order valence-corrected chi connectivity index (χ0v) is 27.2. The average Bonchev–Trinajstić information content (AvgIpc) is 3.04. The lowest BCUT2D eigenvalue weighted by molar-refractivity contribution is -0.134. The minimum atomic E-state index is -0.238. The second-order valence-electron chi connectivity index (χ2n) is 12.6. The number of nitrogens with zero attached hydrogens (tertiary/aromatic N) is 4. The molecule has 0 bridgehead atoms. The van der Waals surface area contributed by atoms with Crippen molar-refractivity contribution < 1.29 is 9.59 Å². The number of amides is 2. The second-order valence-corrected chi connectivity index (χ2v) is 14.0. The van der Waals surface area contributed by atoms with Gasteiger partial charge in [-0.05, 0) is 81.3 Å². The van der Waals surface area contributed by atoms with E-state index in [0.29, 0.717) is 40.3 Å². The van der Waals surface area contributed by atoms with Crippen molar-refractivity contribution in [2.45, 2.75) is 66.8 Å². The first-order chi connectivity index (χ1) is 21.7. The number of nitrogens with two attached hydrogens (primary N) is 2. The van der Waals surface area contributed by atoms with Gasteiger partial charge in [0.1, 0.15) is 10.8 Å². The lowest BCUT2D eigenvalue weighted by Crippen LogP contribution is -2.53. The summed E-state index contributed by atoms with van der Waals surface area (Å²) in [5.41, 5.74) is 15.0. The maximum absolute atomic E-state index is 12.2. The van der Waals surface area contributed by atoms with E-state index in [0.717, 1.165) is 74.7 Å². The van der Waals surface area contributed by atoms with Crippen LogP contribution in [0.25, 0.3) is 0 Å². The Kier molecular flexibility index (Phi) is 9.39. The predicted octanol–water partition coefficient (Wildman–Crippen LogP) is 4.83. The SMILES string of the molecule is CC1(NCC2CCN(c3ccc(C4CCC(=O)NC4=O)cc3)CC2)CCN(c2cnc(Sc3cccc(N)c3Cl)c(N)n2)CC1. The number of piperidine rings is 3. The van der Waals surface area contributed by atoms with E-state index in [1.165, 1.54) is 17.4 Å². The molecule has 3 aliphatic heterocycles. The Morgan fingerprint density at radius 3 is 2.44 bits per heavy atom. The molecule has 6 rings (SSSR count). The van der Waals surface area contributed by atoms with E-state index < -0.39 is 0 Å². The molecule has 3 fully saturated rings. The van der Waals surface area contributed by atoms with Crippen LogP contribution in [0.1, 0.15) is 56.9 Å². The van der Waals surface area contributed by atoms with Gasteiger partial charge in [-0.2, -0.15) is 0 Å². The van der Waals surface area contributed by atoms with E-state index >= 15 is 0 Å². The lowest BCUT2D eigenvalue weighted by atomic mass is 9.87. The average molecular weight is 649 g/mol. The number of imide groups is 1.